The molecule has 1 heterocycles. The van der Waals surface area contributed by atoms with Crippen LogP contribution in [0.15, 0.2) is 42.5 Å². The summed E-state index contributed by atoms with van der Waals surface area (Å²) in [6, 6.07) is 13.6. The largest absolute Gasteiger partial charge is 0.494 e. The minimum Gasteiger partial charge on any atom is -0.494 e. The number of piperazine rings is 1. The predicted octanol–water partition coefficient (Wildman–Crippen LogP) is 2.22. The average molecular weight is 475 g/mol. The maximum atomic E-state index is 13.0. The van der Waals surface area contributed by atoms with Gasteiger partial charge in [-0.1, -0.05) is 18.2 Å². The molecule has 1 amide bonds. The minimum atomic E-state index is -1.82. The molecule has 0 radical (unpaired) electrons. The van der Waals surface area contributed by atoms with Crippen molar-refractivity contribution in [3.05, 3.63) is 53.6 Å². The van der Waals surface area contributed by atoms with Gasteiger partial charge in [0, 0.05) is 32.7 Å². The molecule has 1 fully saturated rings. The second-order valence-electron chi connectivity index (χ2n) is 7.30. The Kier molecular flexibility index (Phi) is 10.2. The molecule has 2 N–H and O–H groups in total. The molecule has 2 aromatic carbocycles. The third-order valence-electron chi connectivity index (χ3n) is 5.12. The molecule has 10 heteroatoms. The first-order valence-corrected chi connectivity index (χ1v) is 10.7. The summed E-state index contributed by atoms with van der Waals surface area (Å²) in [6.45, 7) is 6.59. The summed E-state index contributed by atoms with van der Waals surface area (Å²) >= 11 is 0. The molecule has 0 atom stereocenters. The van der Waals surface area contributed by atoms with E-state index in [0.717, 1.165) is 25.4 Å². The molecule has 2 aromatic rings. The van der Waals surface area contributed by atoms with Gasteiger partial charge in [-0.25, -0.2) is 9.59 Å². The van der Waals surface area contributed by atoms with E-state index in [-0.39, 0.29) is 5.91 Å². The van der Waals surface area contributed by atoms with Gasteiger partial charge in [0.25, 0.3) is 5.91 Å². The maximum absolute atomic E-state index is 13.0. The van der Waals surface area contributed by atoms with Gasteiger partial charge in [-0.2, -0.15) is 0 Å². The van der Waals surface area contributed by atoms with E-state index in [0.29, 0.717) is 36.8 Å². The van der Waals surface area contributed by atoms with E-state index < -0.39 is 11.9 Å². The second kappa shape index (κ2) is 13.0. The zero-order valence-corrected chi connectivity index (χ0v) is 19.5. The number of nitrogens with zero attached hydrogens (tertiary/aromatic N) is 2. The van der Waals surface area contributed by atoms with Crippen molar-refractivity contribution >= 4 is 17.8 Å². The highest BCUT2D eigenvalue weighted by molar-refractivity contribution is 6.27. The Morgan fingerprint density at radius 1 is 0.882 bits per heavy atom. The van der Waals surface area contributed by atoms with Crippen molar-refractivity contribution in [1.29, 1.82) is 0 Å². The lowest BCUT2D eigenvalue weighted by molar-refractivity contribution is -0.159. The van der Waals surface area contributed by atoms with Crippen LogP contribution < -0.4 is 14.2 Å². The number of amides is 1. The van der Waals surface area contributed by atoms with Crippen molar-refractivity contribution in [2.24, 2.45) is 0 Å². The van der Waals surface area contributed by atoms with Gasteiger partial charge in [-0.15, -0.1) is 0 Å². The Labute approximate surface area is 198 Å². The molecule has 10 nitrogen and oxygen atoms in total. The molecule has 34 heavy (non-hydrogen) atoms. The average Bonchev–Trinajstić information content (AvgIpc) is 2.85. The van der Waals surface area contributed by atoms with E-state index in [1.807, 2.05) is 30.0 Å². The number of carbonyl (C=O) groups excluding carboxylic acids is 1. The number of carboxylic acid groups (broad SMARTS) is 2. The number of hydrogen-bond donors (Lipinski definition) is 2. The number of methoxy groups -OCH3 is 2. The summed E-state index contributed by atoms with van der Waals surface area (Å²) < 4.78 is 16.2. The molecule has 0 unspecified atom stereocenters. The molecule has 1 aliphatic heterocycles. The zero-order valence-electron chi connectivity index (χ0n) is 19.5. The van der Waals surface area contributed by atoms with Crippen LogP contribution in [0.5, 0.6) is 17.2 Å². The summed E-state index contributed by atoms with van der Waals surface area (Å²) in [4.78, 5) is 35.4. The zero-order chi connectivity index (χ0) is 25.1. The highest BCUT2D eigenvalue weighted by Crippen LogP contribution is 2.31. The number of aliphatic carboxylic acids is 2. The fourth-order valence-electron chi connectivity index (χ4n) is 3.45. The van der Waals surface area contributed by atoms with Crippen molar-refractivity contribution in [2.45, 2.75) is 13.5 Å². The van der Waals surface area contributed by atoms with Gasteiger partial charge in [0.05, 0.1) is 26.4 Å². The minimum absolute atomic E-state index is 0.0172. The van der Waals surface area contributed by atoms with E-state index in [1.165, 1.54) is 5.56 Å². The Hall–Kier alpha value is -3.79. The SMILES string of the molecule is CCOc1ccc(CN2CCN(C(=O)c3cccc(OC)c3OC)CC2)cc1.O=C(O)C(=O)O. The van der Waals surface area contributed by atoms with Crippen LogP contribution in [0.3, 0.4) is 0 Å². The lowest BCUT2D eigenvalue weighted by Gasteiger charge is -2.35. The first kappa shape index (κ1) is 26.5. The van der Waals surface area contributed by atoms with Crippen LogP contribution >= 0.6 is 0 Å². The molecule has 0 spiro atoms. The van der Waals surface area contributed by atoms with Crippen LogP contribution in [-0.4, -0.2) is 84.9 Å². The smallest absolute Gasteiger partial charge is 0.414 e. The van der Waals surface area contributed by atoms with Crippen molar-refractivity contribution in [1.82, 2.24) is 9.80 Å². The quantitative estimate of drug-likeness (QED) is 0.581. The van der Waals surface area contributed by atoms with Gasteiger partial charge < -0.3 is 29.3 Å². The number of carbonyl (C=O) groups is 3. The summed E-state index contributed by atoms with van der Waals surface area (Å²) in [5.41, 5.74) is 1.79. The molecule has 0 aromatic heterocycles. The molecule has 1 saturated heterocycles. The molecule has 0 saturated carbocycles. The number of carboxylic acids is 2. The summed E-state index contributed by atoms with van der Waals surface area (Å²) in [5, 5.41) is 14.8. The van der Waals surface area contributed by atoms with Crippen LogP contribution in [-0.2, 0) is 16.1 Å². The van der Waals surface area contributed by atoms with E-state index in [4.69, 9.17) is 34.0 Å². The van der Waals surface area contributed by atoms with Crippen molar-refractivity contribution < 1.29 is 38.8 Å². The van der Waals surface area contributed by atoms with Gasteiger partial charge in [-0.3, -0.25) is 9.69 Å². The highest BCUT2D eigenvalue weighted by atomic mass is 16.5. The third kappa shape index (κ3) is 7.38. The van der Waals surface area contributed by atoms with Crippen LogP contribution in [0, 0.1) is 0 Å². The second-order valence-corrected chi connectivity index (χ2v) is 7.30. The van der Waals surface area contributed by atoms with Crippen LogP contribution in [0.2, 0.25) is 0 Å². The van der Waals surface area contributed by atoms with Gasteiger partial charge in [0.1, 0.15) is 5.75 Å². The number of benzene rings is 2. The fraction of sp³-hybridized carbons (Fsp3) is 0.375. The summed E-state index contributed by atoms with van der Waals surface area (Å²) in [5.74, 6) is -1.70. The van der Waals surface area contributed by atoms with E-state index >= 15 is 0 Å². The molecule has 1 aliphatic rings. The molecule has 0 bridgehead atoms. The van der Waals surface area contributed by atoms with Crippen molar-refractivity contribution in [3.8, 4) is 17.2 Å². The lowest BCUT2D eigenvalue weighted by Crippen LogP contribution is -2.48. The van der Waals surface area contributed by atoms with E-state index in [1.54, 1.807) is 26.4 Å². The molecule has 0 aliphatic carbocycles. The Bertz CT molecular complexity index is 957. The fourth-order valence-corrected chi connectivity index (χ4v) is 3.45. The lowest BCUT2D eigenvalue weighted by atomic mass is 10.1. The standard InChI is InChI=1S/C22H28N2O4.C2H2O4/c1-4-28-18-10-8-17(9-11-18)16-23-12-14-24(15-13-23)22(25)19-6-5-7-20(26-2)21(19)27-3;3-1(4)2(5)6/h5-11H,4,12-16H2,1-3H3;(H,3,4)(H,5,6). The van der Waals surface area contributed by atoms with Crippen LogP contribution in [0.25, 0.3) is 0 Å². The normalized spacial score (nSPS) is 13.3. The number of hydrogen-bond acceptors (Lipinski definition) is 7. The van der Waals surface area contributed by atoms with E-state index in [9.17, 15) is 4.79 Å². The van der Waals surface area contributed by atoms with Gasteiger partial charge in [0.2, 0.25) is 0 Å². The Morgan fingerprint density at radius 3 is 2.00 bits per heavy atom. The number of ether oxygens (including phenoxy) is 3. The summed E-state index contributed by atoms with van der Waals surface area (Å²) in [7, 11) is 3.13. The maximum Gasteiger partial charge on any atom is 0.414 e. The topological polar surface area (TPSA) is 126 Å². The monoisotopic (exact) mass is 474 g/mol. The summed E-state index contributed by atoms with van der Waals surface area (Å²) in [6.07, 6.45) is 0. The Morgan fingerprint density at radius 2 is 1.50 bits per heavy atom. The number of rotatable bonds is 7. The molecule has 184 valence electrons. The van der Waals surface area contributed by atoms with Crippen molar-refractivity contribution in [2.75, 3.05) is 47.0 Å². The predicted molar refractivity (Wildman–Crippen MR) is 124 cm³/mol. The van der Waals surface area contributed by atoms with E-state index in [2.05, 4.69) is 17.0 Å². The molecular weight excluding hydrogens is 444 g/mol. The van der Waals surface area contributed by atoms with Crippen molar-refractivity contribution in [3.63, 3.8) is 0 Å². The van der Waals surface area contributed by atoms with Crippen LogP contribution in [0.1, 0.15) is 22.8 Å². The Balaban J connectivity index is 0.000000604. The van der Waals surface area contributed by atoms with Crippen LogP contribution in [0.4, 0.5) is 0 Å². The number of para-hydroxylation sites is 1. The molecule has 3 rings (SSSR count). The van der Waals surface area contributed by atoms with Gasteiger partial charge in [0.15, 0.2) is 11.5 Å². The molecular formula is C24H30N2O8. The van der Waals surface area contributed by atoms with Gasteiger partial charge in [-0.05, 0) is 36.8 Å². The van der Waals surface area contributed by atoms with Gasteiger partial charge >= 0.3 is 11.9 Å². The first-order chi connectivity index (χ1) is 16.3. The first-order valence-electron chi connectivity index (χ1n) is 10.7. The third-order valence-corrected chi connectivity index (χ3v) is 5.12. The highest BCUT2D eigenvalue weighted by Gasteiger charge is 2.25.